The van der Waals surface area contributed by atoms with E-state index in [1.165, 1.54) is 6.07 Å². The molecule has 2 aliphatic heterocycles. The van der Waals surface area contributed by atoms with E-state index in [1.54, 1.807) is 36.1 Å². The molecular weight excluding hydrogens is 459 g/mol. The number of anilines is 1. The van der Waals surface area contributed by atoms with Gasteiger partial charge in [-0.25, -0.2) is 4.39 Å². The second-order valence-electron chi connectivity index (χ2n) is 9.08. The van der Waals surface area contributed by atoms with Crippen LogP contribution in [0.3, 0.4) is 0 Å². The number of amides is 2. The Bertz CT molecular complexity index is 1340. The number of halogens is 1. The summed E-state index contributed by atoms with van der Waals surface area (Å²) >= 11 is 0. The fourth-order valence-electron chi connectivity index (χ4n) is 5.24. The molecular formula is C29H29FN2O4. The third-order valence-electron chi connectivity index (χ3n) is 6.91. The molecule has 0 spiro atoms. The molecule has 0 aliphatic carbocycles. The van der Waals surface area contributed by atoms with Crippen LogP contribution in [-0.4, -0.2) is 36.5 Å². The zero-order chi connectivity index (χ0) is 25.4. The Morgan fingerprint density at radius 3 is 2.47 bits per heavy atom. The number of carbonyl (C=O) groups excluding carboxylic acids is 2. The third kappa shape index (κ3) is 4.08. The van der Waals surface area contributed by atoms with Gasteiger partial charge in [0.05, 0.1) is 25.2 Å². The van der Waals surface area contributed by atoms with Gasteiger partial charge in [-0.1, -0.05) is 24.3 Å². The molecule has 0 unspecified atom stereocenters. The van der Waals surface area contributed by atoms with Crippen LogP contribution in [0.15, 0.2) is 54.6 Å². The Hall–Kier alpha value is -3.87. The maximum atomic E-state index is 14.2. The van der Waals surface area contributed by atoms with Crippen LogP contribution in [0, 0.1) is 12.7 Å². The highest BCUT2D eigenvalue weighted by atomic mass is 19.1. The first kappa shape index (κ1) is 23.9. The van der Waals surface area contributed by atoms with Crippen LogP contribution in [0.4, 0.5) is 10.1 Å². The molecule has 36 heavy (non-hydrogen) atoms. The van der Waals surface area contributed by atoms with Crippen molar-refractivity contribution in [2.24, 2.45) is 0 Å². The van der Waals surface area contributed by atoms with Crippen molar-refractivity contribution in [1.29, 1.82) is 0 Å². The van der Waals surface area contributed by atoms with Crippen molar-refractivity contribution in [3.05, 3.63) is 88.2 Å². The molecule has 0 saturated carbocycles. The van der Waals surface area contributed by atoms with Crippen LogP contribution in [0.1, 0.15) is 58.4 Å². The van der Waals surface area contributed by atoms with Gasteiger partial charge < -0.3 is 19.7 Å². The Morgan fingerprint density at radius 1 is 1.03 bits per heavy atom. The number of nitrogens with one attached hydrogen (secondary N) is 1. The molecule has 2 atom stereocenters. The van der Waals surface area contributed by atoms with Crippen molar-refractivity contribution in [1.82, 2.24) is 4.90 Å². The molecule has 1 N–H and O–H groups in total. The van der Waals surface area contributed by atoms with Crippen molar-refractivity contribution >= 4 is 17.5 Å². The summed E-state index contributed by atoms with van der Waals surface area (Å²) in [5.74, 6) is -0.223. The van der Waals surface area contributed by atoms with E-state index in [2.05, 4.69) is 5.32 Å². The first-order valence-electron chi connectivity index (χ1n) is 12.3. The fraction of sp³-hybridized carbons (Fsp3) is 0.310. The zero-order valence-corrected chi connectivity index (χ0v) is 20.6. The molecule has 3 aromatic carbocycles. The minimum Gasteiger partial charge on any atom is -0.490 e. The molecule has 2 aliphatic rings. The molecule has 0 bridgehead atoms. The molecule has 6 nitrogen and oxygen atoms in total. The predicted octanol–water partition coefficient (Wildman–Crippen LogP) is 5.41. The van der Waals surface area contributed by atoms with Gasteiger partial charge in [-0.3, -0.25) is 9.59 Å². The Morgan fingerprint density at radius 2 is 1.75 bits per heavy atom. The van der Waals surface area contributed by atoms with Crippen molar-refractivity contribution in [3.63, 3.8) is 0 Å². The maximum Gasteiger partial charge on any atom is 0.254 e. The second-order valence-corrected chi connectivity index (χ2v) is 9.08. The van der Waals surface area contributed by atoms with E-state index in [-0.39, 0.29) is 17.6 Å². The molecule has 2 heterocycles. The average Bonchev–Trinajstić information content (AvgIpc) is 2.87. The Balaban J connectivity index is 1.63. The standard InChI is InChI=1S/C29H29FN2O4/c1-4-35-24-14-18-12-13-32-27(22(18)16-25(24)36-5-2)26(20-8-6-7-9-21(20)29(32)34)28(33)31-19-11-10-17(3)23(30)15-19/h6-11,14-16,26-27H,4-5,12-13H2,1-3H3,(H,31,33)/t26-,27-/m0/s1. The molecule has 7 heteroatoms. The first-order valence-corrected chi connectivity index (χ1v) is 12.3. The van der Waals surface area contributed by atoms with Gasteiger partial charge >= 0.3 is 0 Å². The quantitative estimate of drug-likeness (QED) is 0.504. The third-order valence-corrected chi connectivity index (χ3v) is 6.91. The Kier molecular flexibility index (Phi) is 6.39. The summed E-state index contributed by atoms with van der Waals surface area (Å²) in [5, 5.41) is 2.90. The summed E-state index contributed by atoms with van der Waals surface area (Å²) in [6.45, 7) is 6.93. The molecule has 0 fully saturated rings. The number of hydrogen-bond donors (Lipinski definition) is 1. The summed E-state index contributed by atoms with van der Waals surface area (Å²) in [7, 11) is 0. The van der Waals surface area contributed by atoms with Gasteiger partial charge in [-0.2, -0.15) is 0 Å². The molecule has 5 rings (SSSR count). The van der Waals surface area contributed by atoms with E-state index < -0.39 is 12.0 Å². The van der Waals surface area contributed by atoms with E-state index >= 15 is 0 Å². The van der Waals surface area contributed by atoms with E-state index in [9.17, 15) is 14.0 Å². The van der Waals surface area contributed by atoms with Gasteiger partial charge in [0.25, 0.3) is 5.91 Å². The molecule has 186 valence electrons. The fourth-order valence-corrected chi connectivity index (χ4v) is 5.24. The number of nitrogens with zero attached hydrogens (tertiary/aromatic N) is 1. The van der Waals surface area contributed by atoms with E-state index in [0.29, 0.717) is 60.1 Å². The largest absolute Gasteiger partial charge is 0.490 e. The lowest BCUT2D eigenvalue weighted by Crippen LogP contribution is -2.49. The second kappa shape index (κ2) is 9.64. The van der Waals surface area contributed by atoms with Gasteiger partial charge in [-0.15, -0.1) is 0 Å². The van der Waals surface area contributed by atoms with Gasteiger partial charge in [0.15, 0.2) is 11.5 Å². The van der Waals surface area contributed by atoms with Crippen LogP contribution >= 0.6 is 0 Å². The summed E-state index contributed by atoms with van der Waals surface area (Å²) in [5.41, 5.74) is 3.95. The summed E-state index contributed by atoms with van der Waals surface area (Å²) in [6, 6.07) is 15.2. The predicted molar refractivity (Wildman–Crippen MR) is 135 cm³/mol. The number of benzene rings is 3. The monoisotopic (exact) mass is 488 g/mol. The first-order chi connectivity index (χ1) is 17.4. The van der Waals surface area contributed by atoms with Crippen LogP contribution in [0.25, 0.3) is 0 Å². The van der Waals surface area contributed by atoms with E-state index in [4.69, 9.17) is 9.47 Å². The summed E-state index contributed by atoms with van der Waals surface area (Å²) in [6.07, 6.45) is 0.643. The SMILES string of the molecule is CCOc1cc2c(cc1OCC)[C@H]1[C@@H](C(=O)Nc3ccc(C)c(F)c3)c3ccccc3C(=O)N1CC2. The lowest BCUT2D eigenvalue weighted by Gasteiger charge is -2.45. The molecule has 0 radical (unpaired) electrons. The molecule has 0 aromatic heterocycles. The topological polar surface area (TPSA) is 67.9 Å². The molecule has 3 aromatic rings. The maximum absolute atomic E-state index is 14.2. The Labute approximate surface area is 210 Å². The number of aryl methyl sites for hydroxylation is 1. The van der Waals surface area contributed by atoms with Crippen molar-refractivity contribution in [2.75, 3.05) is 25.1 Å². The van der Waals surface area contributed by atoms with Gasteiger partial charge in [0.1, 0.15) is 5.82 Å². The molecule has 0 saturated heterocycles. The van der Waals surface area contributed by atoms with Crippen LogP contribution in [0.2, 0.25) is 0 Å². The van der Waals surface area contributed by atoms with Gasteiger partial charge in [-0.05, 0) is 79.8 Å². The van der Waals surface area contributed by atoms with Crippen LogP contribution < -0.4 is 14.8 Å². The van der Waals surface area contributed by atoms with Gasteiger partial charge in [0.2, 0.25) is 5.91 Å². The van der Waals surface area contributed by atoms with Gasteiger partial charge in [0, 0.05) is 17.8 Å². The highest BCUT2D eigenvalue weighted by molar-refractivity contribution is 6.04. The number of carbonyl (C=O) groups is 2. The zero-order valence-electron chi connectivity index (χ0n) is 20.6. The number of hydrogen-bond acceptors (Lipinski definition) is 4. The number of ether oxygens (including phenoxy) is 2. The average molecular weight is 489 g/mol. The highest BCUT2D eigenvalue weighted by Gasteiger charge is 2.46. The minimum absolute atomic E-state index is 0.0986. The lowest BCUT2D eigenvalue weighted by molar-refractivity contribution is -0.119. The number of fused-ring (bicyclic) bond motifs is 4. The normalized spacial score (nSPS) is 18.1. The highest BCUT2D eigenvalue weighted by Crippen LogP contribution is 2.48. The number of rotatable bonds is 6. The van der Waals surface area contributed by atoms with E-state index in [1.807, 2.05) is 38.1 Å². The van der Waals surface area contributed by atoms with Crippen LogP contribution in [-0.2, 0) is 11.2 Å². The smallest absolute Gasteiger partial charge is 0.254 e. The van der Waals surface area contributed by atoms with E-state index in [0.717, 1.165) is 11.1 Å². The van der Waals surface area contributed by atoms with Crippen LogP contribution in [0.5, 0.6) is 11.5 Å². The van der Waals surface area contributed by atoms with Crippen molar-refractivity contribution in [3.8, 4) is 11.5 Å². The lowest BCUT2D eigenvalue weighted by atomic mass is 9.75. The summed E-state index contributed by atoms with van der Waals surface area (Å²) in [4.78, 5) is 29.2. The van der Waals surface area contributed by atoms with Crippen molar-refractivity contribution in [2.45, 2.75) is 39.2 Å². The summed E-state index contributed by atoms with van der Waals surface area (Å²) < 4.78 is 25.9. The van der Waals surface area contributed by atoms with Crippen molar-refractivity contribution < 1.29 is 23.5 Å². The molecule has 2 amide bonds. The minimum atomic E-state index is -0.685.